The average Bonchev–Trinajstić information content (AvgIpc) is 2.04. The molecule has 0 heterocycles. The largest absolute Gasteiger partial charge is 0.478 e. The van der Waals surface area contributed by atoms with Gasteiger partial charge in [0.15, 0.2) is 0 Å². The normalized spacial score (nSPS) is 8.62. The van der Waals surface area contributed by atoms with E-state index in [1.54, 1.807) is 0 Å². The third kappa shape index (κ3) is 2.77. The molecule has 67 valence electrons. The fourth-order valence-corrected chi connectivity index (χ4v) is 0.856. The minimum absolute atomic E-state index is 0. The van der Waals surface area contributed by atoms with Gasteiger partial charge in [0.05, 0.1) is 11.1 Å². The van der Waals surface area contributed by atoms with Crippen LogP contribution in [0.4, 0.5) is 0 Å². The van der Waals surface area contributed by atoms with Crippen molar-refractivity contribution in [3.05, 3.63) is 35.4 Å². The van der Waals surface area contributed by atoms with Crippen LogP contribution in [-0.2, 0) is 0 Å². The molecular formula is C8H6BiO4. The maximum absolute atomic E-state index is 10.5. The molecule has 5 heteroatoms. The van der Waals surface area contributed by atoms with Gasteiger partial charge >= 0.3 is 11.9 Å². The van der Waals surface area contributed by atoms with Crippen molar-refractivity contribution >= 4 is 38.1 Å². The summed E-state index contributed by atoms with van der Waals surface area (Å²) >= 11 is 0. The summed E-state index contributed by atoms with van der Waals surface area (Å²) in [5.41, 5.74) is -0.380. The zero-order valence-corrected chi connectivity index (χ0v) is 9.94. The molecule has 0 unspecified atom stereocenters. The predicted molar refractivity (Wildman–Crippen MR) is 46.1 cm³/mol. The van der Waals surface area contributed by atoms with E-state index >= 15 is 0 Å². The van der Waals surface area contributed by atoms with E-state index in [0.29, 0.717) is 0 Å². The zero-order valence-electron chi connectivity index (χ0n) is 6.47. The van der Waals surface area contributed by atoms with Crippen LogP contribution in [-0.4, -0.2) is 48.4 Å². The van der Waals surface area contributed by atoms with Gasteiger partial charge in [-0.1, -0.05) is 12.1 Å². The Hall–Kier alpha value is -0.957. The minimum atomic E-state index is -1.23. The molecule has 13 heavy (non-hydrogen) atoms. The molecule has 1 rings (SSSR count). The first-order valence-electron chi connectivity index (χ1n) is 3.18. The van der Waals surface area contributed by atoms with Crippen LogP contribution in [0.2, 0.25) is 0 Å². The summed E-state index contributed by atoms with van der Waals surface area (Å²) < 4.78 is 0. The monoisotopic (exact) mass is 375 g/mol. The second-order valence-corrected chi connectivity index (χ2v) is 2.16. The van der Waals surface area contributed by atoms with Crippen LogP contribution in [0.1, 0.15) is 20.7 Å². The quantitative estimate of drug-likeness (QED) is 0.747. The summed E-state index contributed by atoms with van der Waals surface area (Å²) in [6.07, 6.45) is 0. The van der Waals surface area contributed by atoms with Crippen molar-refractivity contribution < 1.29 is 19.8 Å². The second kappa shape index (κ2) is 4.92. The fourth-order valence-electron chi connectivity index (χ4n) is 0.856. The maximum Gasteiger partial charge on any atom is 0.336 e. The minimum Gasteiger partial charge on any atom is -0.478 e. The molecule has 0 aromatic heterocycles. The van der Waals surface area contributed by atoms with Gasteiger partial charge < -0.3 is 10.2 Å². The van der Waals surface area contributed by atoms with Gasteiger partial charge in [-0.2, -0.15) is 0 Å². The van der Waals surface area contributed by atoms with Crippen molar-refractivity contribution in [2.24, 2.45) is 0 Å². The summed E-state index contributed by atoms with van der Waals surface area (Å²) in [6.45, 7) is 0. The van der Waals surface area contributed by atoms with Crippen LogP contribution in [0, 0.1) is 0 Å². The van der Waals surface area contributed by atoms with Crippen LogP contribution >= 0.6 is 0 Å². The Morgan fingerprint density at radius 2 is 1.23 bits per heavy atom. The first kappa shape index (κ1) is 12.0. The Labute approximate surface area is 93.3 Å². The molecular weight excluding hydrogens is 369 g/mol. The molecule has 0 atom stereocenters. The molecule has 0 fully saturated rings. The van der Waals surface area contributed by atoms with E-state index in [2.05, 4.69) is 0 Å². The standard InChI is InChI=1S/C8H6O4.Bi/c9-7(10)5-3-1-2-4-6(5)8(11)12;/h1-4H,(H,9,10)(H,11,12);. The smallest absolute Gasteiger partial charge is 0.336 e. The Morgan fingerprint density at radius 1 is 0.923 bits per heavy atom. The summed E-state index contributed by atoms with van der Waals surface area (Å²) in [4.78, 5) is 20.9. The fraction of sp³-hybridized carbons (Fsp3) is 0. The van der Waals surface area contributed by atoms with E-state index in [1.807, 2.05) is 0 Å². The molecule has 0 aliphatic heterocycles. The number of carbonyl (C=O) groups is 2. The first-order valence-corrected chi connectivity index (χ1v) is 3.18. The maximum atomic E-state index is 10.5. The molecule has 0 aliphatic rings. The van der Waals surface area contributed by atoms with Crippen LogP contribution in [0.5, 0.6) is 0 Å². The van der Waals surface area contributed by atoms with E-state index in [0.717, 1.165) is 0 Å². The van der Waals surface area contributed by atoms with Crippen molar-refractivity contribution in [3.63, 3.8) is 0 Å². The molecule has 1 aromatic rings. The van der Waals surface area contributed by atoms with Gasteiger partial charge in [-0.15, -0.1) is 0 Å². The summed E-state index contributed by atoms with van der Waals surface area (Å²) in [6, 6.07) is 5.48. The summed E-state index contributed by atoms with van der Waals surface area (Å²) in [7, 11) is 0. The van der Waals surface area contributed by atoms with Gasteiger partial charge in [-0.05, 0) is 12.1 Å². The summed E-state index contributed by atoms with van der Waals surface area (Å²) in [5.74, 6) is -2.46. The Balaban J connectivity index is 0.00000144. The van der Waals surface area contributed by atoms with Gasteiger partial charge in [0, 0.05) is 26.2 Å². The number of benzene rings is 1. The van der Waals surface area contributed by atoms with Crippen LogP contribution in [0.15, 0.2) is 24.3 Å². The van der Waals surface area contributed by atoms with Crippen LogP contribution in [0.3, 0.4) is 0 Å². The third-order valence-electron chi connectivity index (χ3n) is 1.39. The van der Waals surface area contributed by atoms with Crippen molar-refractivity contribution in [3.8, 4) is 0 Å². The van der Waals surface area contributed by atoms with Crippen molar-refractivity contribution in [1.82, 2.24) is 0 Å². The topological polar surface area (TPSA) is 74.6 Å². The number of hydrogen-bond donors (Lipinski definition) is 2. The number of hydrogen-bond acceptors (Lipinski definition) is 2. The van der Waals surface area contributed by atoms with E-state index < -0.39 is 11.9 Å². The van der Waals surface area contributed by atoms with Gasteiger partial charge in [-0.25, -0.2) is 9.59 Å². The van der Waals surface area contributed by atoms with Gasteiger partial charge in [0.2, 0.25) is 0 Å². The molecule has 0 spiro atoms. The van der Waals surface area contributed by atoms with Crippen molar-refractivity contribution in [2.45, 2.75) is 0 Å². The average molecular weight is 375 g/mol. The SMILES string of the molecule is O=C(O)c1ccccc1C(=O)O.[Bi]. The van der Waals surface area contributed by atoms with Gasteiger partial charge in [0.25, 0.3) is 0 Å². The molecule has 0 bridgehead atoms. The van der Waals surface area contributed by atoms with Crippen LogP contribution in [0.25, 0.3) is 0 Å². The number of rotatable bonds is 2. The third-order valence-corrected chi connectivity index (χ3v) is 1.39. The predicted octanol–water partition coefficient (Wildman–Crippen LogP) is 0.702. The Morgan fingerprint density at radius 3 is 1.46 bits per heavy atom. The van der Waals surface area contributed by atoms with E-state index in [1.165, 1.54) is 24.3 Å². The summed E-state index contributed by atoms with van der Waals surface area (Å²) in [5, 5.41) is 17.1. The van der Waals surface area contributed by atoms with Gasteiger partial charge in [0.1, 0.15) is 0 Å². The van der Waals surface area contributed by atoms with Crippen molar-refractivity contribution in [1.29, 1.82) is 0 Å². The molecule has 4 nitrogen and oxygen atoms in total. The Kier molecular flexibility index (Phi) is 4.56. The molecule has 0 aliphatic carbocycles. The molecule has 1 aromatic carbocycles. The number of carboxylic acid groups (broad SMARTS) is 2. The zero-order chi connectivity index (χ0) is 9.14. The first-order chi connectivity index (χ1) is 5.63. The second-order valence-electron chi connectivity index (χ2n) is 2.16. The van der Waals surface area contributed by atoms with Gasteiger partial charge in [-0.3, -0.25) is 0 Å². The van der Waals surface area contributed by atoms with E-state index in [9.17, 15) is 9.59 Å². The molecule has 0 amide bonds. The Bertz CT molecular complexity index is 302. The molecule has 2 N–H and O–H groups in total. The number of carboxylic acids is 2. The number of aromatic carboxylic acids is 2. The van der Waals surface area contributed by atoms with Crippen molar-refractivity contribution in [2.75, 3.05) is 0 Å². The molecule has 0 saturated carbocycles. The van der Waals surface area contributed by atoms with E-state index in [4.69, 9.17) is 10.2 Å². The molecule has 3 radical (unpaired) electrons. The van der Waals surface area contributed by atoms with E-state index in [-0.39, 0.29) is 37.3 Å². The molecule has 0 saturated heterocycles. The van der Waals surface area contributed by atoms with Crippen LogP contribution < -0.4 is 0 Å².